The smallest absolute Gasteiger partial charge is 0.195 e. The topological polar surface area (TPSA) is 48.5 Å². The number of hydrogen-bond acceptors (Lipinski definition) is 4. The van der Waals surface area contributed by atoms with Gasteiger partial charge in [-0.25, -0.2) is 9.97 Å². The fourth-order valence-electron chi connectivity index (χ4n) is 5.34. The van der Waals surface area contributed by atoms with Crippen molar-refractivity contribution in [1.82, 2.24) is 24.1 Å². The van der Waals surface area contributed by atoms with Gasteiger partial charge < -0.3 is 0 Å². The maximum atomic E-state index is 5.31. The lowest BCUT2D eigenvalue weighted by molar-refractivity contribution is 0.973. The minimum Gasteiger partial charge on any atom is -0.298 e. The van der Waals surface area contributed by atoms with Crippen molar-refractivity contribution < 1.29 is 0 Å². The molecule has 0 saturated heterocycles. The molecule has 6 heteroatoms. The fraction of sp³-hybridized carbons (Fsp3) is 0.0690. The summed E-state index contributed by atoms with van der Waals surface area (Å²) in [5.41, 5.74) is 8.31. The molecule has 0 aliphatic heterocycles. The molecule has 7 aromatic rings. The molecule has 2 aromatic carbocycles. The molecule has 166 valence electrons. The molecule has 0 saturated carbocycles. The van der Waals surface area contributed by atoms with E-state index in [1.165, 1.54) is 21.3 Å². The summed E-state index contributed by atoms with van der Waals surface area (Å²) in [4.78, 5) is 15.1. The van der Waals surface area contributed by atoms with E-state index < -0.39 is 0 Å². The molecule has 0 amide bonds. The van der Waals surface area contributed by atoms with E-state index >= 15 is 0 Å². The molecule has 0 radical (unpaired) electrons. The fourth-order valence-corrected chi connectivity index (χ4v) is 6.33. The SMILES string of the molecule is C1=CCCC(n2c3ccccc3c3cc4c(nc32)c2ncccc2n4-c2nc3ccccc3s2)=C1. The summed E-state index contributed by atoms with van der Waals surface area (Å²) in [6.07, 6.45) is 10.5. The van der Waals surface area contributed by atoms with Crippen LogP contribution in [0.5, 0.6) is 0 Å². The van der Waals surface area contributed by atoms with Gasteiger partial charge in [0.05, 0.1) is 26.8 Å². The van der Waals surface area contributed by atoms with Crippen LogP contribution in [0.3, 0.4) is 0 Å². The van der Waals surface area contributed by atoms with Crippen LogP contribution in [0.2, 0.25) is 0 Å². The Bertz CT molecular complexity index is 1980. The van der Waals surface area contributed by atoms with Gasteiger partial charge in [-0.1, -0.05) is 53.8 Å². The third kappa shape index (κ3) is 2.65. The Hall–Kier alpha value is -4.29. The summed E-state index contributed by atoms with van der Waals surface area (Å²) >= 11 is 1.70. The van der Waals surface area contributed by atoms with Crippen LogP contribution in [0.4, 0.5) is 0 Å². The zero-order valence-corrected chi connectivity index (χ0v) is 19.5. The number of nitrogens with zero attached hydrogens (tertiary/aromatic N) is 5. The van der Waals surface area contributed by atoms with E-state index in [9.17, 15) is 0 Å². The molecule has 5 nitrogen and oxygen atoms in total. The van der Waals surface area contributed by atoms with E-state index in [0.29, 0.717) is 0 Å². The van der Waals surface area contributed by atoms with Crippen molar-refractivity contribution in [3.63, 3.8) is 0 Å². The highest BCUT2D eigenvalue weighted by Crippen LogP contribution is 2.39. The zero-order chi connectivity index (χ0) is 22.9. The van der Waals surface area contributed by atoms with Crippen molar-refractivity contribution in [2.24, 2.45) is 0 Å². The average Bonchev–Trinajstić information content (AvgIpc) is 3.57. The third-order valence-electron chi connectivity index (χ3n) is 6.87. The third-order valence-corrected chi connectivity index (χ3v) is 7.90. The summed E-state index contributed by atoms with van der Waals surface area (Å²) in [5.74, 6) is 0. The second-order valence-electron chi connectivity index (χ2n) is 8.88. The van der Waals surface area contributed by atoms with Gasteiger partial charge in [0.1, 0.15) is 16.7 Å². The number of pyridine rings is 2. The van der Waals surface area contributed by atoms with Gasteiger partial charge in [0.25, 0.3) is 0 Å². The first-order chi connectivity index (χ1) is 17.4. The normalized spacial score (nSPS) is 14.1. The molecule has 5 heterocycles. The van der Waals surface area contributed by atoms with E-state index in [1.54, 1.807) is 11.3 Å². The molecule has 1 aliphatic rings. The number of benzene rings is 2. The van der Waals surface area contributed by atoms with Gasteiger partial charge in [-0.3, -0.25) is 14.1 Å². The maximum Gasteiger partial charge on any atom is 0.195 e. The van der Waals surface area contributed by atoms with Crippen LogP contribution in [0.15, 0.2) is 91.2 Å². The Morgan fingerprint density at radius 1 is 0.771 bits per heavy atom. The first kappa shape index (κ1) is 19.1. The Balaban J connectivity index is 1.54. The van der Waals surface area contributed by atoms with Crippen molar-refractivity contribution in [2.45, 2.75) is 12.8 Å². The quantitative estimate of drug-likeness (QED) is 0.264. The minimum absolute atomic E-state index is 0.901. The van der Waals surface area contributed by atoms with Crippen LogP contribution in [0.25, 0.3) is 65.0 Å². The lowest BCUT2D eigenvalue weighted by atomic mass is 10.1. The van der Waals surface area contributed by atoms with Gasteiger partial charge in [-0.2, -0.15) is 0 Å². The summed E-state index contributed by atoms with van der Waals surface area (Å²) in [6.45, 7) is 0. The number of para-hydroxylation sites is 2. The number of thiazole rings is 1. The zero-order valence-electron chi connectivity index (χ0n) is 18.7. The maximum absolute atomic E-state index is 5.31. The van der Waals surface area contributed by atoms with Crippen molar-refractivity contribution in [3.05, 3.63) is 91.2 Å². The summed E-state index contributed by atoms with van der Waals surface area (Å²) < 4.78 is 5.73. The molecule has 35 heavy (non-hydrogen) atoms. The summed E-state index contributed by atoms with van der Waals surface area (Å²) in [6, 6.07) is 23.3. The van der Waals surface area contributed by atoms with Crippen molar-refractivity contribution in [2.75, 3.05) is 0 Å². The lowest BCUT2D eigenvalue weighted by Gasteiger charge is -2.13. The predicted octanol–water partition coefficient (Wildman–Crippen LogP) is 7.48. The van der Waals surface area contributed by atoms with Gasteiger partial charge >= 0.3 is 0 Å². The number of fused-ring (bicyclic) bond motifs is 7. The molecule has 0 bridgehead atoms. The molecule has 5 aromatic heterocycles. The Morgan fingerprint density at radius 3 is 2.57 bits per heavy atom. The Labute approximate surface area is 204 Å². The van der Waals surface area contributed by atoms with E-state index in [4.69, 9.17) is 15.0 Å². The average molecular weight is 470 g/mol. The number of allylic oxidation sites excluding steroid dienone is 4. The highest BCUT2D eigenvalue weighted by molar-refractivity contribution is 7.20. The van der Waals surface area contributed by atoms with Gasteiger partial charge in [-0.05, 0) is 55.3 Å². The van der Waals surface area contributed by atoms with E-state index in [2.05, 4.69) is 82.0 Å². The largest absolute Gasteiger partial charge is 0.298 e. The van der Waals surface area contributed by atoms with Gasteiger partial charge in [0.2, 0.25) is 0 Å². The Morgan fingerprint density at radius 2 is 1.66 bits per heavy atom. The summed E-state index contributed by atoms with van der Waals surface area (Å²) in [7, 11) is 0. The highest BCUT2D eigenvalue weighted by atomic mass is 32.1. The molecule has 0 N–H and O–H groups in total. The van der Waals surface area contributed by atoms with Crippen LogP contribution in [0, 0.1) is 0 Å². The molecular weight excluding hydrogens is 450 g/mol. The number of hydrogen-bond donors (Lipinski definition) is 0. The Kier molecular flexibility index (Phi) is 3.87. The van der Waals surface area contributed by atoms with Crippen LogP contribution in [-0.4, -0.2) is 24.1 Å². The van der Waals surface area contributed by atoms with E-state index in [0.717, 1.165) is 56.6 Å². The van der Waals surface area contributed by atoms with E-state index in [1.807, 2.05) is 18.3 Å². The van der Waals surface area contributed by atoms with Crippen molar-refractivity contribution in [1.29, 1.82) is 0 Å². The standard InChI is InChI=1S/C29H19N5S/c1-2-9-18(10-3-1)33-22-13-6-4-11-19(22)20-17-24-27(32-28(20)33)26-23(14-8-16-30-26)34(24)29-31-21-12-5-7-15-25(21)35-29/h1-2,4-9,11-17H,3,10H2. The number of rotatable bonds is 2. The van der Waals surface area contributed by atoms with Crippen LogP contribution in [0.1, 0.15) is 12.8 Å². The van der Waals surface area contributed by atoms with Gasteiger partial charge in [0.15, 0.2) is 5.13 Å². The monoisotopic (exact) mass is 469 g/mol. The molecule has 1 aliphatic carbocycles. The van der Waals surface area contributed by atoms with Crippen LogP contribution in [-0.2, 0) is 0 Å². The lowest BCUT2D eigenvalue weighted by Crippen LogP contribution is -2.00. The first-order valence-corrected chi connectivity index (χ1v) is 12.6. The summed E-state index contributed by atoms with van der Waals surface area (Å²) in [5, 5.41) is 3.29. The molecule has 0 fully saturated rings. The minimum atomic E-state index is 0.901. The van der Waals surface area contributed by atoms with Crippen molar-refractivity contribution >= 4 is 71.3 Å². The first-order valence-electron chi connectivity index (χ1n) is 11.8. The van der Waals surface area contributed by atoms with E-state index in [-0.39, 0.29) is 0 Å². The van der Waals surface area contributed by atoms with Gasteiger partial charge in [-0.15, -0.1) is 0 Å². The van der Waals surface area contributed by atoms with Crippen molar-refractivity contribution in [3.8, 4) is 5.13 Å². The van der Waals surface area contributed by atoms with Crippen LogP contribution < -0.4 is 0 Å². The predicted molar refractivity (Wildman–Crippen MR) is 145 cm³/mol. The molecule has 0 spiro atoms. The second kappa shape index (κ2) is 7.10. The molecule has 0 unspecified atom stereocenters. The number of aromatic nitrogens is 5. The molecular formula is C29H19N5S. The second-order valence-corrected chi connectivity index (χ2v) is 9.88. The molecule has 8 rings (SSSR count). The van der Waals surface area contributed by atoms with Crippen LogP contribution >= 0.6 is 11.3 Å². The van der Waals surface area contributed by atoms with Gasteiger partial charge in [0, 0.05) is 22.7 Å². The highest BCUT2D eigenvalue weighted by Gasteiger charge is 2.22. The molecule has 0 atom stereocenters.